The highest BCUT2D eigenvalue weighted by Crippen LogP contribution is 2.67. The van der Waals surface area contributed by atoms with Crippen molar-refractivity contribution in [1.29, 1.82) is 0 Å². The summed E-state index contributed by atoms with van der Waals surface area (Å²) in [7, 11) is 0. The van der Waals surface area contributed by atoms with Crippen molar-refractivity contribution in [2.24, 2.45) is 29.1 Å². The lowest BCUT2D eigenvalue weighted by Gasteiger charge is -2.66. The van der Waals surface area contributed by atoms with Gasteiger partial charge in [0.2, 0.25) is 0 Å². The summed E-state index contributed by atoms with van der Waals surface area (Å²) in [5.41, 5.74) is 13.5. The van der Waals surface area contributed by atoms with E-state index in [0.717, 1.165) is 18.8 Å². The zero-order chi connectivity index (χ0) is 34.7. The quantitative estimate of drug-likeness (QED) is 0.286. The number of allylic oxidation sites excluding steroid dienone is 7. The highest BCUT2D eigenvalue weighted by molar-refractivity contribution is 5.67. The molecule has 2 saturated heterocycles. The van der Waals surface area contributed by atoms with E-state index in [2.05, 4.69) is 70.2 Å². The molecule has 1 saturated carbocycles. The molecular formula is C49H60N2O2. The predicted molar refractivity (Wildman–Crippen MR) is 213 cm³/mol. The molecule has 12 rings (SSSR count). The van der Waals surface area contributed by atoms with Gasteiger partial charge in [-0.2, -0.15) is 0 Å². The maximum Gasteiger partial charge on any atom is 0.0834 e. The van der Waals surface area contributed by atoms with Gasteiger partial charge >= 0.3 is 0 Å². The van der Waals surface area contributed by atoms with Crippen LogP contribution in [-0.4, -0.2) is 46.0 Å². The molecule has 0 N–H and O–H groups in total. The van der Waals surface area contributed by atoms with Crippen LogP contribution in [0.2, 0.25) is 0 Å². The Labute approximate surface area is 317 Å². The maximum atomic E-state index is 7.49. The van der Waals surface area contributed by atoms with Gasteiger partial charge < -0.3 is 18.9 Å². The summed E-state index contributed by atoms with van der Waals surface area (Å²) in [6, 6.07) is 1.17. The minimum atomic E-state index is 0.0379. The first-order chi connectivity index (χ1) is 26.3. The standard InChI is InChI=1S/C49H60N2O2/c1-7-19-41-33(13-1)34-14-2-8-20-42(34)50(41)31-26-28-47-40(29-31)49(37-17-5-11-23-45(37)52-47)38-18-6-12-24-46(38)53-48-30-32(25-27-39(48)49)51-43-21-9-3-15-35(43)36-16-4-10-22-44(36)51/h6-7,9,12,17-19,21,24,29,32,35,38-40,43,45-48H,1-5,8,10-11,13-16,20,22-23,25-28,30H2. The van der Waals surface area contributed by atoms with Crippen LogP contribution in [0.1, 0.15) is 132 Å². The van der Waals surface area contributed by atoms with Crippen LogP contribution >= 0.6 is 0 Å². The highest BCUT2D eigenvalue weighted by Gasteiger charge is 2.66. The van der Waals surface area contributed by atoms with Gasteiger partial charge in [0, 0.05) is 52.0 Å². The lowest BCUT2D eigenvalue weighted by atomic mass is 9.45. The molecule has 3 fully saturated rings. The predicted octanol–water partition coefficient (Wildman–Crippen LogP) is 10.6. The third kappa shape index (κ3) is 4.67. The van der Waals surface area contributed by atoms with Crippen LogP contribution in [0.4, 0.5) is 0 Å². The second-order valence-corrected chi connectivity index (χ2v) is 18.9. The molecule has 1 aromatic rings. The lowest BCUT2D eigenvalue weighted by molar-refractivity contribution is -0.221. The normalized spacial score (nSPS) is 42.1. The fourth-order valence-corrected chi connectivity index (χ4v) is 14.9. The van der Waals surface area contributed by atoms with E-state index in [0.29, 0.717) is 29.8 Å². The summed E-state index contributed by atoms with van der Waals surface area (Å²) in [5, 5.41) is 0. The Bertz CT molecular complexity index is 1900. The van der Waals surface area contributed by atoms with Crippen LogP contribution in [0.5, 0.6) is 0 Å². The number of nitrogens with zero attached hydrogens (tertiary/aromatic N) is 2. The summed E-state index contributed by atoms with van der Waals surface area (Å²) in [6.07, 6.45) is 51.6. The van der Waals surface area contributed by atoms with Crippen molar-refractivity contribution in [1.82, 2.24) is 9.47 Å². The van der Waals surface area contributed by atoms with E-state index in [9.17, 15) is 0 Å². The van der Waals surface area contributed by atoms with Gasteiger partial charge in [0.05, 0.1) is 30.5 Å². The molecule has 8 aliphatic carbocycles. The van der Waals surface area contributed by atoms with Gasteiger partial charge in [0.15, 0.2) is 0 Å². The van der Waals surface area contributed by atoms with Gasteiger partial charge in [0.25, 0.3) is 0 Å². The van der Waals surface area contributed by atoms with Crippen molar-refractivity contribution in [2.45, 2.75) is 165 Å². The third-order valence-electron chi connectivity index (χ3n) is 16.7. The summed E-state index contributed by atoms with van der Waals surface area (Å²) in [4.78, 5) is 3.00. The average Bonchev–Trinajstić information content (AvgIpc) is 3.74. The van der Waals surface area contributed by atoms with Gasteiger partial charge in [-0.05, 0) is 163 Å². The SMILES string of the molecule is C1=CC2OC3CC(N4C5=C(CCCC5)C5CCC=CC54)CCC3C3(C4=CCCCC4OC4CCC(n5c6c(c7c5CCCC7)CCC=C6)=CC43)C2C=C1. The molecule has 4 heteroatoms. The number of ether oxygens (including phenoxy) is 2. The first-order valence-corrected chi connectivity index (χ1v) is 22.5. The van der Waals surface area contributed by atoms with Crippen LogP contribution in [0.25, 0.3) is 11.8 Å². The van der Waals surface area contributed by atoms with E-state index < -0.39 is 0 Å². The molecule has 0 amide bonds. The second kappa shape index (κ2) is 12.6. The van der Waals surface area contributed by atoms with Crippen LogP contribution < -0.4 is 0 Å². The molecular weight excluding hydrogens is 649 g/mol. The molecule has 4 nitrogen and oxygen atoms in total. The zero-order valence-electron chi connectivity index (χ0n) is 31.9. The van der Waals surface area contributed by atoms with Gasteiger partial charge in [-0.25, -0.2) is 0 Å². The summed E-state index contributed by atoms with van der Waals surface area (Å²) in [5.74, 6) is 2.01. The minimum Gasteiger partial charge on any atom is -0.370 e. The monoisotopic (exact) mass is 708 g/mol. The molecule has 11 aliphatic rings. The second-order valence-electron chi connectivity index (χ2n) is 18.9. The molecule has 278 valence electrons. The molecule has 1 aromatic heterocycles. The van der Waals surface area contributed by atoms with Gasteiger partial charge in [-0.3, -0.25) is 0 Å². The molecule has 11 atom stereocenters. The van der Waals surface area contributed by atoms with Crippen molar-refractivity contribution in [3.8, 4) is 0 Å². The van der Waals surface area contributed by atoms with Crippen molar-refractivity contribution >= 4 is 11.8 Å². The summed E-state index contributed by atoms with van der Waals surface area (Å²) < 4.78 is 17.7. The van der Waals surface area contributed by atoms with E-state index in [1.165, 1.54) is 121 Å². The van der Waals surface area contributed by atoms with Gasteiger partial charge in [-0.15, -0.1) is 0 Å². The number of aromatic nitrogens is 1. The lowest BCUT2D eigenvalue weighted by Crippen LogP contribution is -2.66. The van der Waals surface area contributed by atoms with Gasteiger partial charge in [0.1, 0.15) is 0 Å². The first kappa shape index (κ1) is 32.4. The van der Waals surface area contributed by atoms with E-state index >= 15 is 0 Å². The topological polar surface area (TPSA) is 26.6 Å². The van der Waals surface area contributed by atoms with Crippen molar-refractivity contribution < 1.29 is 9.47 Å². The fourth-order valence-electron chi connectivity index (χ4n) is 14.9. The summed E-state index contributed by atoms with van der Waals surface area (Å²) >= 11 is 0. The Balaban J connectivity index is 0.986. The highest BCUT2D eigenvalue weighted by atomic mass is 16.5. The van der Waals surface area contributed by atoms with Crippen molar-refractivity contribution in [3.05, 3.63) is 94.0 Å². The summed E-state index contributed by atoms with van der Waals surface area (Å²) in [6.45, 7) is 0. The minimum absolute atomic E-state index is 0.0379. The van der Waals surface area contributed by atoms with Crippen LogP contribution in [0.3, 0.4) is 0 Å². The molecule has 0 radical (unpaired) electrons. The van der Waals surface area contributed by atoms with E-state index in [1.807, 2.05) is 5.57 Å². The molecule has 53 heavy (non-hydrogen) atoms. The zero-order valence-corrected chi connectivity index (χ0v) is 31.9. The largest absolute Gasteiger partial charge is 0.370 e. The Morgan fingerprint density at radius 2 is 1.62 bits per heavy atom. The van der Waals surface area contributed by atoms with E-state index in [1.54, 1.807) is 33.8 Å². The van der Waals surface area contributed by atoms with Crippen LogP contribution in [-0.2, 0) is 28.7 Å². The number of rotatable bonds is 2. The molecule has 11 unspecified atom stereocenters. The van der Waals surface area contributed by atoms with E-state index in [4.69, 9.17) is 9.47 Å². The Hall–Kier alpha value is -2.82. The van der Waals surface area contributed by atoms with Gasteiger partial charge in [-0.1, -0.05) is 54.7 Å². The Kier molecular flexibility index (Phi) is 7.71. The third-order valence-corrected chi connectivity index (χ3v) is 16.7. The average molecular weight is 709 g/mol. The molecule has 4 heterocycles. The molecule has 3 aliphatic heterocycles. The molecule has 0 bridgehead atoms. The smallest absolute Gasteiger partial charge is 0.0834 e. The van der Waals surface area contributed by atoms with Crippen LogP contribution in [0.15, 0.2) is 71.5 Å². The fraction of sp³-hybridized carbons (Fsp3) is 0.633. The number of hydrogen-bond acceptors (Lipinski definition) is 3. The van der Waals surface area contributed by atoms with Crippen molar-refractivity contribution in [2.75, 3.05) is 0 Å². The first-order valence-electron chi connectivity index (χ1n) is 22.5. The van der Waals surface area contributed by atoms with Crippen molar-refractivity contribution in [3.63, 3.8) is 0 Å². The van der Waals surface area contributed by atoms with Crippen LogP contribution in [0, 0.1) is 29.1 Å². The number of hydrogen-bond donors (Lipinski definition) is 0. The maximum absolute atomic E-state index is 7.49. The Morgan fingerprint density at radius 1 is 0.698 bits per heavy atom. The molecule has 0 aromatic carbocycles. The Morgan fingerprint density at radius 3 is 2.62 bits per heavy atom. The number of fused-ring (bicyclic) bond motifs is 13. The van der Waals surface area contributed by atoms with E-state index in [-0.39, 0.29) is 29.8 Å². The molecule has 1 spiro atoms.